The van der Waals surface area contributed by atoms with Gasteiger partial charge in [0.15, 0.2) is 11.5 Å². The zero-order chi connectivity index (χ0) is 21.9. The van der Waals surface area contributed by atoms with Crippen LogP contribution in [0.4, 0.5) is 5.69 Å². The molecule has 1 saturated heterocycles. The fourth-order valence-corrected chi connectivity index (χ4v) is 5.16. The first-order valence-electron chi connectivity index (χ1n) is 10.6. The maximum Gasteiger partial charge on any atom is 0.264 e. The number of carbonyl (C=O) groups is 3. The van der Waals surface area contributed by atoms with Gasteiger partial charge in [0.1, 0.15) is 5.76 Å². The Morgan fingerprint density at radius 1 is 1.03 bits per heavy atom. The molecule has 0 aromatic heterocycles. The number of azo groups is 1. The molecule has 2 amide bonds. The van der Waals surface area contributed by atoms with Gasteiger partial charge in [-0.05, 0) is 25.0 Å². The smallest absolute Gasteiger partial charge is 0.264 e. The number of benzene rings is 1. The second-order valence-corrected chi connectivity index (χ2v) is 8.13. The second kappa shape index (κ2) is 7.23. The molecule has 1 aromatic carbocycles. The van der Waals surface area contributed by atoms with E-state index in [-0.39, 0.29) is 64.6 Å². The van der Waals surface area contributed by atoms with Crippen molar-refractivity contribution in [1.29, 1.82) is 0 Å². The van der Waals surface area contributed by atoms with Gasteiger partial charge in [0.05, 0.1) is 48.0 Å². The molecule has 3 aliphatic heterocycles. The van der Waals surface area contributed by atoms with E-state index >= 15 is 0 Å². The van der Waals surface area contributed by atoms with Crippen molar-refractivity contribution < 1.29 is 23.9 Å². The Labute approximate surface area is 179 Å². The highest BCUT2D eigenvalue weighted by atomic mass is 16.5. The number of allylic oxidation sites excluding steroid dienone is 1. The minimum absolute atomic E-state index is 0.158. The van der Waals surface area contributed by atoms with Crippen LogP contribution in [0, 0.1) is 11.8 Å². The van der Waals surface area contributed by atoms with Crippen LogP contribution >= 0.6 is 0 Å². The second-order valence-electron chi connectivity index (χ2n) is 8.13. The number of methoxy groups -OCH3 is 1. The van der Waals surface area contributed by atoms with Crippen molar-refractivity contribution in [2.75, 3.05) is 7.11 Å². The molecule has 0 radical (unpaired) electrons. The Morgan fingerprint density at radius 3 is 2.42 bits per heavy atom. The van der Waals surface area contributed by atoms with Crippen LogP contribution in [-0.2, 0) is 14.3 Å². The molecule has 1 aromatic rings. The average molecular weight is 421 g/mol. The number of Topliss-reactive ketones (excluding diaryl/α,β-unsaturated/α-hetero) is 1. The first-order chi connectivity index (χ1) is 15.0. The molecule has 0 N–H and O–H groups in total. The molecule has 8 heteroatoms. The summed E-state index contributed by atoms with van der Waals surface area (Å²) in [5.41, 5.74) is 0.984. The van der Waals surface area contributed by atoms with Crippen molar-refractivity contribution >= 4 is 23.3 Å². The van der Waals surface area contributed by atoms with E-state index in [1.165, 1.54) is 12.0 Å². The molecule has 160 valence electrons. The monoisotopic (exact) mass is 421 g/mol. The Kier molecular flexibility index (Phi) is 4.62. The maximum absolute atomic E-state index is 13.1. The SMILES string of the molecule is CCC(CC)N1C(=O)c2cccc(N=NC3=C(OC)C4C5C=CC(O5)[C@@H]4C3=O)c2C1=O. The van der Waals surface area contributed by atoms with Gasteiger partial charge >= 0.3 is 0 Å². The summed E-state index contributed by atoms with van der Waals surface area (Å²) in [4.78, 5) is 40.3. The zero-order valence-electron chi connectivity index (χ0n) is 17.6. The van der Waals surface area contributed by atoms with Crippen LogP contribution in [0.2, 0.25) is 0 Å². The van der Waals surface area contributed by atoms with E-state index in [1.54, 1.807) is 18.2 Å². The summed E-state index contributed by atoms with van der Waals surface area (Å²) in [5, 5.41) is 8.46. The minimum atomic E-state index is -0.366. The lowest BCUT2D eigenvalue weighted by Gasteiger charge is -2.23. The summed E-state index contributed by atoms with van der Waals surface area (Å²) in [6.07, 6.45) is 4.73. The van der Waals surface area contributed by atoms with Crippen molar-refractivity contribution in [2.45, 2.75) is 44.9 Å². The van der Waals surface area contributed by atoms with Crippen molar-refractivity contribution in [3.8, 4) is 0 Å². The first-order valence-corrected chi connectivity index (χ1v) is 10.6. The van der Waals surface area contributed by atoms with E-state index in [2.05, 4.69) is 10.2 Å². The zero-order valence-corrected chi connectivity index (χ0v) is 17.6. The Bertz CT molecular complexity index is 1080. The van der Waals surface area contributed by atoms with Gasteiger partial charge in [-0.25, -0.2) is 0 Å². The largest absolute Gasteiger partial charge is 0.498 e. The Hall–Kier alpha value is -3.13. The first kappa shape index (κ1) is 19.8. The molecular formula is C23H23N3O5. The number of ether oxygens (including phenoxy) is 2. The van der Waals surface area contributed by atoms with E-state index in [0.717, 1.165) is 0 Å². The van der Waals surface area contributed by atoms with Gasteiger partial charge in [-0.15, -0.1) is 10.2 Å². The molecule has 3 heterocycles. The number of hydrogen-bond acceptors (Lipinski definition) is 7. The minimum Gasteiger partial charge on any atom is -0.498 e. The van der Waals surface area contributed by atoms with Crippen molar-refractivity contribution in [3.05, 3.63) is 52.9 Å². The number of fused-ring (bicyclic) bond motifs is 6. The van der Waals surface area contributed by atoms with E-state index in [9.17, 15) is 14.4 Å². The maximum atomic E-state index is 13.1. The highest BCUT2D eigenvalue weighted by Crippen LogP contribution is 2.50. The number of rotatable bonds is 6. The fraction of sp³-hybridized carbons (Fsp3) is 0.435. The normalized spacial score (nSPS) is 28.6. The molecule has 2 bridgehead atoms. The average Bonchev–Trinajstić information content (AvgIpc) is 3.51. The third-order valence-corrected chi connectivity index (χ3v) is 6.68. The molecule has 5 rings (SSSR count). The Morgan fingerprint density at radius 2 is 1.74 bits per heavy atom. The molecular weight excluding hydrogens is 398 g/mol. The molecule has 0 saturated carbocycles. The lowest BCUT2D eigenvalue weighted by atomic mass is 9.84. The third kappa shape index (κ3) is 2.67. The predicted octanol–water partition coefficient (Wildman–Crippen LogP) is 3.57. The fourth-order valence-electron chi connectivity index (χ4n) is 5.16. The molecule has 3 unspecified atom stereocenters. The molecule has 0 spiro atoms. The van der Waals surface area contributed by atoms with Crippen LogP contribution < -0.4 is 0 Å². The standard InChI is InChI=1S/C23H23N3O5/c1-4-11(5-2)26-22(28)12-7-6-8-13(16(12)23(26)29)24-25-19-20(27)17-14-9-10-15(31-14)18(17)21(19)30-3/h6-11,14-15,17-18H,4-5H2,1-3H3/t14?,15?,17-,18?/m0/s1. The quantitative estimate of drug-likeness (QED) is 0.397. The van der Waals surface area contributed by atoms with Gasteiger partial charge in [0.25, 0.3) is 11.8 Å². The number of nitrogens with zero attached hydrogens (tertiary/aromatic N) is 3. The molecule has 1 fully saturated rings. The summed E-state index contributed by atoms with van der Waals surface area (Å²) in [5.74, 6) is -0.936. The summed E-state index contributed by atoms with van der Waals surface area (Å²) < 4.78 is 11.3. The van der Waals surface area contributed by atoms with Crippen molar-refractivity contribution in [1.82, 2.24) is 4.90 Å². The molecule has 4 atom stereocenters. The van der Waals surface area contributed by atoms with Crippen LogP contribution in [0.3, 0.4) is 0 Å². The van der Waals surface area contributed by atoms with Gasteiger partial charge in [0.2, 0.25) is 0 Å². The lowest BCUT2D eigenvalue weighted by Crippen LogP contribution is -2.39. The van der Waals surface area contributed by atoms with E-state index < -0.39 is 0 Å². The number of imide groups is 1. The van der Waals surface area contributed by atoms with E-state index in [4.69, 9.17) is 9.47 Å². The summed E-state index contributed by atoms with van der Waals surface area (Å²) >= 11 is 0. The van der Waals surface area contributed by atoms with Crippen LogP contribution in [0.1, 0.15) is 47.4 Å². The van der Waals surface area contributed by atoms with Gasteiger partial charge in [-0.1, -0.05) is 32.1 Å². The number of carbonyl (C=O) groups excluding carboxylic acids is 3. The molecule has 31 heavy (non-hydrogen) atoms. The van der Waals surface area contributed by atoms with Crippen LogP contribution in [0.5, 0.6) is 0 Å². The number of amides is 2. The Balaban J connectivity index is 1.51. The molecule has 1 aliphatic carbocycles. The van der Waals surface area contributed by atoms with Gasteiger partial charge in [-0.2, -0.15) is 0 Å². The van der Waals surface area contributed by atoms with E-state index in [1.807, 2.05) is 26.0 Å². The lowest BCUT2D eigenvalue weighted by molar-refractivity contribution is -0.119. The van der Waals surface area contributed by atoms with Gasteiger partial charge < -0.3 is 9.47 Å². The van der Waals surface area contributed by atoms with Crippen molar-refractivity contribution in [2.24, 2.45) is 22.1 Å². The highest BCUT2D eigenvalue weighted by molar-refractivity contribution is 6.23. The van der Waals surface area contributed by atoms with Crippen LogP contribution in [0.25, 0.3) is 0 Å². The summed E-state index contributed by atoms with van der Waals surface area (Å²) in [7, 11) is 1.51. The summed E-state index contributed by atoms with van der Waals surface area (Å²) in [6, 6.07) is 4.76. The molecule has 8 nitrogen and oxygen atoms in total. The third-order valence-electron chi connectivity index (χ3n) is 6.68. The summed E-state index contributed by atoms with van der Waals surface area (Å²) in [6.45, 7) is 3.90. The number of ketones is 1. The van der Waals surface area contributed by atoms with E-state index in [0.29, 0.717) is 24.2 Å². The highest BCUT2D eigenvalue weighted by Gasteiger charge is 2.58. The van der Waals surface area contributed by atoms with Gasteiger partial charge in [-0.3, -0.25) is 19.3 Å². The van der Waals surface area contributed by atoms with Crippen LogP contribution in [0.15, 0.2) is 52.0 Å². The number of hydrogen-bond donors (Lipinski definition) is 0. The van der Waals surface area contributed by atoms with Crippen LogP contribution in [-0.4, -0.2) is 47.9 Å². The topological polar surface area (TPSA) is 97.6 Å². The van der Waals surface area contributed by atoms with Crippen molar-refractivity contribution in [3.63, 3.8) is 0 Å². The van der Waals surface area contributed by atoms with Gasteiger partial charge in [0, 0.05) is 6.04 Å². The molecule has 4 aliphatic rings. The predicted molar refractivity (Wildman–Crippen MR) is 110 cm³/mol.